The van der Waals surface area contributed by atoms with Crippen LogP contribution in [-0.2, 0) is 9.59 Å². The quantitative estimate of drug-likeness (QED) is 0.709. The Hall–Kier alpha value is -1.66. The first-order valence-corrected chi connectivity index (χ1v) is 5.98. The van der Waals surface area contributed by atoms with Crippen LogP contribution in [0.4, 0.5) is 5.82 Å². The first kappa shape index (κ1) is 12.8. The van der Waals surface area contributed by atoms with E-state index in [-0.39, 0.29) is 5.82 Å². The third-order valence-corrected chi connectivity index (χ3v) is 2.89. The van der Waals surface area contributed by atoms with Crippen molar-refractivity contribution in [1.82, 2.24) is 15.2 Å². The third-order valence-electron chi connectivity index (χ3n) is 2.59. The van der Waals surface area contributed by atoms with Crippen molar-refractivity contribution in [2.24, 2.45) is 0 Å². The van der Waals surface area contributed by atoms with Crippen molar-refractivity contribution in [2.45, 2.75) is 0 Å². The Kier molecular flexibility index (Phi) is 4.11. The van der Waals surface area contributed by atoms with Crippen molar-refractivity contribution in [3.63, 3.8) is 0 Å². The van der Waals surface area contributed by atoms with Gasteiger partial charge in [0.05, 0.1) is 5.02 Å². The summed E-state index contributed by atoms with van der Waals surface area (Å²) in [5, 5.41) is 5.83. The molecule has 2 N–H and O–H groups in total. The zero-order valence-corrected chi connectivity index (χ0v) is 10.4. The summed E-state index contributed by atoms with van der Waals surface area (Å²) in [6, 6.07) is 3.25. The van der Waals surface area contributed by atoms with Crippen LogP contribution in [0.25, 0.3) is 0 Å². The average Bonchev–Trinajstić information content (AvgIpc) is 2.41. The normalized spacial score (nSPS) is 15.3. The molecule has 6 nitrogen and oxygen atoms in total. The van der Waals surface area contributed by atoms with Crippen LogP contribution in [0.3, 0.4) is 0 Å². The highest BCUT2D eigenvalue weighted by Crippen LogP contribution is 2.17. The number of nitrogens with zero attached hydrogens (tertiary/aromatic N) is 2. The highest BCUT2D eigenvalue weighted by Gasteiger charge is 2.23. The smallest absolute Gasteiger partial charge is 0.315 e. The molecule has 1 aliphatic rings. The number of anilines is 1. The van der Waals surface area contributed by atoms with Crippen LogP contribution in [0.15, 0.2) is 18.3 Å². The zero-order chi connectivity index (χ0) is 13.0. The van der Waals surface area contributed by atoms with E-state index in [9.17, 15) is 9.59 Å². The SMILES string of the molecule is O=C(Nc1ncccc1Cl)C(=O)N1CCNCC1. The lowest BCUT2D eigenvalue weighted by molar-refractivity contribution is -0.143. The van der Waals surface area contributed by atoms with Crippen LogP contribution in [0.1, 0.15) is 0 Å². The van der Waals surface area contributed by atoms with E-state index < -0.39 is 11.8 Å². The highest BCUT2D eigenvalue weighted by atomic mass is 35.5. The van der Waals surface area contributed by atoms with E-state index in [1.54, 1.807) is 12.1 Å². The molecule has 0 bridgehead atoms. The van der Waals surface area contributed by atoms with E-state index in [2.05, 4.69) is 15.6 Å². The largest absolute Gasteiger partial charge is 0.332 e. The van der Waals surface area contributed by atoms with Gasteiger partial charge in [-0.25, -0.2) is 4.98 Å². The number of hydrogen-bond acceptors (Lipinski definition) is 4. The van der Waals surface area contributed by atoms with Crippen LogP contribution < -0.4 is 10.6 Å². The van der Waals surface area contributed by atoms with Gasteiger partial charge in [0, 0.05) is 32.4 Å². The first-order chi connectivity index (χ1) is 8.68. The molecule has 0 aliphatic carbocycles. The van der Waals surface area contributed by atoms with Crippen molar-refractivity contribution in [1.29, 1.82) is 0 Å². The van der Waals surface area contributed by atoms with Crippen molar-refractivity contribution in [3.8, 4) is 0 Å². The van der Waals surface area contributed by atoms with Gasteiger partial charge in [-0.15, -0.1) is 0 Å². The molecule has 2 amide bonds. The zero-order valence-electron chi connectivity index (χ0n) is 9.65. The van der Waals surface area contributed by atoms with Gasteiger partial charge in [-0.05, 0) is 12.1 Å². The molecule has 1 aromatic heterocycles. The van der Waals surface area contributed by atoms with Crippen molar-refractivity contribution >= 4 is 29.2 Å². The summed E-state index contributed by atoms with van der Waals surface area (Å²) < 4.78 is 0. The molecule has 0 unspecified atom stereocenters. The summed E-state index contributed by atoms with van der Waals surface area (Å²) in [6.07, 6.45) is 1.50. The van der Waals surface area contributed by atoms with Gasteiger partial charge in [0.25, 0.3) is 0 Å². The fraction of sp³-hybridized carbons (Fsp3) is 0.364. The fourth-order valence-electron chi connectivity index (χ4n) is 1.65. The number of hydrogen-bond donors (Lipinski definition) is 2. The van der Waals surface area contributed by atoms with E-state index >= 15 is 0 Å². The fourth-order valence-corrected chi connectivity index (χ4v) is 1.82. The van der Waals surface area contributed by atoms with E-state index in [0.717, 1.165) is 0 Å². The Balaban J connectivity index is 1.99. The number of pyridine rings is 1. The average molecular weight is 269 g/mol. The molecule has 7 heteroatoms. The molecule has 0 spiro atoms. The predicted molar refractivity (Wildman–Crippen MR) is 67.3 cm³/mol. The van der Waals surface area contributed by atoms with E-state index in [1.165, 1.54) is 11.1 Å². The number of carbonyl (C=O) groups excluding carboxylic acids is 2. The van der Waals surface area contributed by atoms with Gasteiger partial charge in [0.15, 0.2) is 5.82 Å². The maximum Gasteiger partial charge on any atom is 0.315 e. The number of amides is 2. The number of piperazine rings is 1. The summed E-state index contributed by atoms with van der Waals surface area (Å²) in [5.41, 5.74) is 0. The molecule has 1 aromatic rings. The highest BCUT2D eigenvalue weighted by molar-refractivity contribution is 6.41. The molecule has 2 heterocycles. The molecule has 18 heavy (non-hydrogen) atoms. The first-order valence-electron chi connectivity index (χ1n) is 5.60. The maximum atomic E-state index is 11.8. The molecule has 0 aromatic carbocycles. The van der Waals surface area contributed by atoms with Crippen LogP contribution in [0, 0.1) is 0 Å². The standard InChI is InChI=1S/C11H13ClN4O2/c12-8-2-1-3-14-9(8)15-10(17)11(18)16-6-4-13-5-7-16/h1-3,13H,4-7H2,(H,14,15,17). The molecule has 2 rings (SSSR count). The molecule has 0 saturated carbocycles. The van der Waals surface area contributed by atoms with Gasteiger partial charge in [0.1, 0.15) is 0 Å². The van der Waals surface area contributed by atoms with Crippen LogP contribution in [0.5, 0.6) is 0 Å². The minimum atomic E-state index is -0.711. The molecule has 1 aliphatic heterocycles. The van der Waals surface area contributed by atoms with Gasteiger partial charge >= 0.3 is 11.8 Å². The van der Waals surface area contributed by atoms with Gasteiger partial charge < -0.3 is 15.5 Å². The lowest BCUT2D eigenvalue weighted by Crippen LogP contribution is -2.50. The Labute approximate surface area is 109 Å². The summed E-state index contributed by atoms with van der Waals surface area (Å²) in [5.74, 6) is -1.07. The summed E-state index contributed by atoms with van der Waals surface area (Å²) in [6.45, 7) is 2.46. The van der Waals surface area contributed by atoms with Crippen molar-refractivity contribution < 1.29 is 9.59 Å². The second-order valence-electron chi connectivity index (χ2n) is 3.83. The summed E-state index contributed by atoms with van der Waals surface area (Å²) in [4.78, 5) is 29.0. The van der Waals surface area contributed by atoms with Crippen LogP contribution in [-0.4, -0.2) is 47.9 Å². The van der Waals surface area contributed by atoms with Gasteiger partial charge in [-0.1, -0.05) is 11.6 Å². The Morgan fingerprint density at radius 2 is 2.11 bits per heavy atom. The molecule has 1 fully saturated rings. The van der Waals surface area contributed by atoms with Crippen molar-refractivity contribution in [2.75, 3.05) is 31.5 Å². The molecule has 0 atom stereocenters. The number of halogens is 1. The second-order valence-corrected chi connectivity index (χ2v) is 4.24. The molecule has 1 saturated heterocycles. The number of nitrogens with one attached hydrogen (secondary N) is 2. The second kappa shape index (κ2) is 5.79. The number of carbonyl (C=O) groups is 2. The number of aromatic nitrogens is 1. The molecule has 96 valence electrons. The van der Waals surface area contributed by atoms with Gasteiger partial charge in [-0.3, -0.25) is 9.59 Å². The molecular formula is C11H13ClN4O2. The number of rotatable bonds is 1. The van der Waals surface area contributed by atoms with E-state index in [1.807, 2.05) is 0 Å². The van der Waals surface area contributed by atoms with E-state index in [0.29, 0.717) is 31.2 Å². The van der Waals surface area contributed by atoms with Crippen LogP contribution in [0.2, 0.25) is 5.02 Å². The lowest BCUT2D eigenvalue weighted by Gasteiger charge is -2.26. The molecule has 0 radical (unpaired) electrons. The lowest BCUT2D eigenvalue weighted by atomic mass is 10.3. The van der Waals surface area contributed by atoms with Crippen molar-refractivity contribution in [3.05, 3.63) is 23.4 Å². The summed E-state index contributed by atoms with van der Waals surface area (Å²) in [7, 11) is 0. The Morgan fingerprint density at radius 1 is 1.39 bits per heavy atom. The predicted octanol–water partition coefficient (Wildman–Crippen LogP) is 0.105. The monoisotopic (exact) mass is 268 g/mol. The summed E-state index contributed by atoms with van der Waals surface area (Å²) >= 11 is 5.85. The minimum absolute atomic E-state index is 0.202. The third kappa shape index (κ3) is 2.96. The Bertz CT molecular complexity index is 460. The molecular weight excluding hydrogens is 256 g/mol. The Morgan fingerprint density at radius 3 is 2.78 bits per heavy atom. The minimum Gasteiger partial charge on any atom is -0.332 e. The van der Waals surface area contributed by atoms with Gasteiger partial charge in [-0.2, -0.15) is 0 Å². The van der Waals surface area contributed by atoms with E-state index in [4.69, 9.17) is 11.6 Å². The topological polar surface area (TPSA) is 74.3 Å². The van der Waals surface area contributed by atoms with Crippen LogP contribution >= 0.6 is 11.6 Å². The maximum absolute atomic E-state index is 11.8. The van der Waals surface area contributed by atoms with Gasteiger partial charge in [0.2, 0.25) is 0 Å².